The maximum Gasteiger partial charge on any atom is 0.226 e. The second kappa shape index (κ2) is 6.80. The summed E-state index contributed by atoms with van der Waals surface area (Å²) in [6.45, 7) is 3.09. The number of amides is 1. The fourth-order valence-electron chi connectivity index (χ4n) is 3.87. The Morgan fingerprint density at radius 2 is 1.90 bits per heavy atom. The van der Waals surface area contributed by atoms with Gasteiger partial charge in [0, 0.05) is 30.5 Å². The minimum absolute atomic E-state index is 0. The molecule has 1 heterocycles. The number of hydrogen-bond donors (Lipinski definition) is 1. The van der Waals surface area contributed by atoms with Crippen LogP contribution in [0.1, 0.15) is 44.1 Å². The molecular formula is C17H25ClN2O. The zero-order chi connectivity index (χ0) is 14.1. The predicted octanol–water partition coefficient (Wildman–Crippen LogP) is 2.94. The Kier molecular flexibility index (Phi) is 5.28. The Balaban J connectivity index is 0.00000161. The summed E-state index contributed by atoms with van der Waals surface area (Å²) in [6.07, 6.45) is 3.92. The van der Waals surface area contributed by atoms with Gasteiger partial charge in [0.05, 0.1) is 0 Å². The summed E-state index contributed by atoms with van der Waals surface area (Å²) >= 11 is 0. The lowest BCUT2D eigenvalue weighted by Crippen LogP contribution is -2.39. The van der Waals surface area contributed by atoms with Crippen LogP contribution in [0.5, 0.6) is 0 Å². The number of carbonyl (C=O) groups excluding carboxylic acids is 1. The van der Waals surface area contributed by atoms with Crippen molar-refractivity contribution in [2.24, 2.45) is 11.7 Å². The smallest absolute Gasteiger partial charge is 0.226 e. The fraction of sp³-hybridized carbons (Fsp3) is 0.588. The molecule has 2 fully saturated rings. The van der Waals surface area contributed by atoms with Gasteiger partial charge >= 0.3 is 0 Å². The summed E-state index contributed by atoms with van der Waals surface area (Å²) < 4.78 is 0. The van der Waals surface area contributed by atoms with E-state index in [0.717, 1.165) is 32.2 Å². The molecule has 1 amide bonds. The van der Waals surface area contributed by atoms with E-state index >= 15 is 0 Å². The first-order chi connectivity index (χ1) is 9.66. The number of benzene rings is 1. The summed E-state index contributed by atoms with van der Waals surface area (Å²) in [5, 5.41) is 0. The van der Waals surface area contributed by atoms with Gasteiger partial charge in [-0.15, -0.1) is 12.4 Å². The van der Waals surface area contributed by atoms with E-state index in [-0.39, 0.29) is 24.4 Å². The molecule has 2 N–H and O–H groups in total. The molecule has 0 aromatic heterocycles. The first-order valence-corrected chi connectivity index (χ1v) is 7.78. The van der Waals surface area contributed by atoms with E-state index in [9.17, 15) is 4.79 Å². The van der Waals surface area contributed by atoms with Crippen LogP contribution in [0.15, 0.2) is 30.3 Å². The van der Waals surface area contributed by atoms with Crippen LogP contribution in [0.4, 0.5) is 0 Å². The van der Waals surface area contributed by atoms with Gasteiger partial charge in [0.15, 0.2) is 0 Å². The minimum atomic E-state index is 0. The molecule has 1 aliphatic heterocycles. The van der Waals surface area contributed by atoms with Crippen molar-refractivity contribution in [3.8, 4) is 0 Å². The molecule has 0 spiro atoms. The molecule has 4 heteroatoms. The van der Waals surface area contributed by atoms with Crippen molar-refractivity contribution in [2.75, 3.05) is 6.54 Å². The average molecular weight is 309 g/mol. The Hall–Kier alpha value is -1.06. The molecule has 0 bridgehead atoms. The predicted molar refractivity (Wildman–Crippen MR) is 87.5 cm³/mol. The van der Waals surface area contributed by atoms with Crippen LogP contribution in [-0.2, 0) is 4.79 Å². The number of halogens is 1. The third kappa shape index (κ3) is 3.24. The van der Waals surface area contributed by atoms with Gasteiger partial charge in [0.1, 0.15) is 0 Å². The van der Waals surface area contributed by atoms with Gasteiger partial charge < -0.3 is 10.6 Å². The molecule has 3 nitrogen and oxygen atoms in total. The lowest BCUT2D eigenvalue weighted by atomic mass is 9.92. The second-order valence-electron chi connectivity index (χ2n) is 6.35. The molecule has 21 heavy (non-hydrogen) atoms. The van der Waals surface area contributed by atoms with Crippen LogP contribution >= 0.6 is 12.4 Å². The highest BCUT2D eigenvalue weighted by atomic mass is 35.5. The molecule has 4 atom stereocenters. The number of likely N-dealkylation sites (tertiary alicyclic amines) is 1. The highest BCUT2D eigenvalue weighted by Gasteiger charge is 2.39. The number of nitrogens with two attached hydrogens (primary N) is 1. The second-order valence-corrected chi connectivity index (χ2v) is 6.35. The van der Waals surface area contributed by atoms with Crippen LogP contribution in [-0.4, -0.2) is 29.4 Å². The van der Waals surface area contributed by atoms with E-state index in [1.807, 2.05) is 6.07 Å². The van der Waals surface area contributed by atoms with Gasteiger partial charge in [0.2, 0.25) is 5.91 Å². The van der Waals surface area contributed by atoms with Crippen molar-refractivity contribution in [1.29, 1.82) is 0 Å². The summed E-state index contributed by atoms with van der Waals surface area (Å²) in [5.41, 5.74) is 7.30. The summed E-state index contributed by atoms with van der Waals surface area (Å²) in [7, 11) is 0. The molecule has 1 saturated heterocycles. The van der Waals surface area contributed by atoms with E-state index in [1.54, 1.807) is 0 Å². The number of carbonyl (C=O) groups is 1. The topological polar surface area (TPSA) is 46.3 Å². The normalized spacial score (nSPS) is 32.0. The Morgan fingerprint density at radius 3 is 2.52 bits per heavy atom. The largest absolute Gasteiger partial charge is 0.339 e. The highest BCUT2D eigenvalue weighted by molar-refractivity contribution is 5.85. The maximum absolute atomic E-state index is 12.7. The molecule has 0 radical (unpaired) electrons. The van der Waals surface area contributed by atoms with Gasteiger partial charge in [-0.25, -0.2) is 0 Å². The van der Waals surface area contributed by atoms with Gasteiger partial charge in [-0.05, 0) is 38.2 Å². The Labute approximate surface area is 133 Å². The molecule has 1 aromatic rings. The van der Waals surface area contributed by atoms with E-state index in [1.165, 1.54) is 5.56 Å². The van der Waals surface area contributed by atoms with Gasteiger partial charge in [-0.1, -0.05) is 30.3 Å². The van der Waals surface area contributed by atoms with Crippen molar-refractivity contribution >= 4 is 18.3 Å². The number of rotatable bonds is 2. The molecule has 1 aliphatic carbocycles. The molecule has 1 aromatic carbocycles. The Bertz CT molecular complexity index is 479. The molecule has 4 unspecified atom stereocenters. The highest BCUT2D eigenvalue weighted by Crippen LogP contribution is 2.36. The number of nitrogens with zero attached hydrogens (tertiary/aromatic N) is 1. The van der Waals surface area contributed by atoms with E-state index in [4.69, 9.17) is 5.73 Å². The summed E-state index contributed by atoms with van der Waals surface area (Å²) in [4.78, 5) is 14.7. The third-order valence-corrected chi connectivity index (χ3v) is 5.09. The van der Waals surface area contributed by atoms with E-state index in [0.29, 0.717) is 17.9 Å². The van der Waals surface area contributed by atoms with E-state index < -0.39 is 0 Å². The van der Waals surface area contributed by atoms with Gasteiger partial charge in [0.25, 0.3) is 0 Å². The maximum atomic E-state index is 12.7. The first-order valence-electron chi connectivity index (χ1n) is 7.78. The van der Waals surface area contributed by atoms with Crippen molar-refractivity contribution in [3.05, 3.63) is 35.9 Å². The number of hydrogen-bond acceptors (Lipinski definition) is 2. The zero-order valence-corrected chi connectivity index (χ0v) is 13.4. The van der Waals surface area contributed by atoms with Crippen LogP contribution < -0.4 is 5.73 Å². The van der Waals surface area contributed by atoms with Gasteiger partial charge in [-0.2, -0.15) is 0 Å². The summed E-state index contributed by atoms with van der Waals surface area (Å²) in [5.74, 6) is 0.987. The molecule has 3 rings (SSSR count). The van der Waals surface area contributed by atoms with Crippen molar-refractivity contribution in [3.63, 3.8) is 0 Å². The van der Waals surface area contributed by atoms with Crippen LogP contribution in [0, 0.1) is 5.92 Å². The van der Waals surface area contributed by atoms with E-state index in [2.05, 4.69) is 36.1 Å². The van der Waals surface area contributed by atoms with Crippen LogP contribution in [0.25, 0.3) is 0 Å². The standard InChI is InChI=1S/C17H24N2O.ClH/c1-12-16(13-5-3-2-4-6-13)9-10-19(12)17(20)14-7-8-15(18)11-14;/h2-6,12,14-16H,7-11,18H2,1H3;1H. The zero-order valence-electron chi connectivity index (χ0n) is 12.6. The van der Waals surface area contributed by atoms with Crippen LogP contribution in [0.2, 0.25) is 0 Å². The van der Waals surface area contributed by atoms with Gasteiger partial charge in [-0.3, -0.25) is 4.79 Å². The Morgan fingerprint density at radius 1 is 1.19 bits per heavy atom. The SMILES string of the molecule is CC1C(c2ccccc2)CCN1C(=O)C1CCC(N)C1.Cl. The van der Waals surface area contributed by atoms with Crippen molar-refractivity contribution in [1.82, 2.24) is 4.90 Å². The summed E-state index contributed by atoms with van der Waals surface area (Å²) in [6, 6.07) is 11.1. The molecule has 116 valence electrons. The minimum Gasteiger partial charge on any atom is -0.339 e. The lowest BCUT2D eigenvalue weighted by molar-refractivity contribution is -0.136. The first kappa shape index (κ1) is 16.3. The fourth-order valence-corrected chi connectivity index (χ4v) is 3.87. The third-order valence-electron chi connectivity index (χ3n) is 5.09. The quantitative estimate of drug-likeness (QED) is 0.913. The monoisotopic (exact) mass is 308 g/mol. The van der Waals surface area contributed by atoms with Crippen LogP contribution in [0.3, 0.4) is 0 Å². The van der Waals surface area contributed by atoms with Crippen molar-refractivity contribution in [2.45, 2.75) is 50.6 Å². The van der Waals surface area contributed by atoms with Crippen molar-refractivity contribution < 1.29 is 4.79 Å². The average Bonchev–Trinajstić information content (AvgIpc) is 3.05. The molecule has 1 saturated carbocycles. The molecule has 2 aliphatic rings. The lowest BCUT2D eigenvalue weighted by Gasteiger charge is -2.27. The molecular weight excluding hydrogens is 284 g/mol.